The summed E-state index contributed by atoms with van der Waals surface area (Å²) in [6.07, 6.45) is 0. The zero-order chi connectivity index (χ0) is 37.3. The van der Waals surface area contributed by atoms with Gasteiger partial charge in [-0.15, -0.1) is 0 Å². The largest absolute Gasteiger partial charge is 0.456 e. The van der Waals surface area contributed by atoms with Crippen LogP contribution >= 0.6 is 0 Å². The first-order valence-electron chi connectivity index (χ1n) is 19.1. The second kappa shape index (κ2) is 14.4. The molecule has 1 heterocycles. The third kappa shape index (κ3) is 6.34. The Morgan fingerprint density at radius 1 is 0.304 bits per heavy atom. The molecule has 264 valence electrons. The third-order valence-electron chi connectivity index (χ3n) is 10.7. The van der Waals surface area contributed by atoms with Gasteiger partial charge in [0.25, 0.3) is 0 Å². The Morgan fingerprint density at radius 2 is 0.750 bits per heavy atom. The first-order valence-corrected chi connectivity index (χ1v) is 19.1. The van der Waals surface area contributed by atoms with Crippen LogP contribution in [0.25, 0.3) is 77.6 Å². The van der Waals surface area contributed by atoms with Gasteiger partial charge >= 0.3 is 0 Å². The molecule has 0 atom stereocenters. The quantitative estimate of drug-likeness (QED) is 0.156. The molecule has 0 amide bonds. The van der Waals surface area contributed by atoms with Crippen LogP contribution in [-0.2, 0) is 0 Å². The molecule has 2 nitrogen and oxygen atoms in total. The molecule has 0 aliphatic rings. The van der Waals surface area contributed by atoms with Gasteiger partial charge in [-0.1, -0.05) is 182 Å². The van der Waals surface area contributed by atoms with Crippen molar-refractivity contribution in [2.24, 2.45) is 0 Å². The zero-order valence-electron chi connectivity index (χ0n) is 30.7. The number of fused-ring (bicyclic) bond motifs is 2. The van der Waals surface area contributed by atoms with Crippen molar-refractivity contribution in [3.8, 4) is 55.8 Å². The van der Waals surface area contributed by atoms with Gasteiger partial charge in [-0.3, -0.25) is 0 Å². The van der Waals surface area contributed by atoms with E-state index in [2.05, 4.69) is 211 Å². The molecule has 0 aliphatic heterocycles. The lowest BCUT2D eigenvalue weighted by Gasteiger charge is -2.27. The van der Waals surface area contributed by atoms with Crippen LogP contribution in [0, 0.1) is 0 Å². The first-order chi connectivity index (χ1) is 27.7. The molecule has 0 radical (unpaired) electrons. The number of benzene rings is 9. The number of anilines is 3. The van der Waals surface area contributed by atoms with E-state index >= 15 is 0 Å². The van der Waals surface area contributed by atoms with Crippen molar-refractivity contribution in [1.82, 2.24) is 0 Å². The van der Waals surface area contributed by atoms with Crippen molar-refractivity contribution in [3.63, 3.8) is 0 Å². The van der Waals surface area contributed by atoms with Crippen molar-refractivity contribution in [1.29, 1.82) is 0 Å². The molecule has 0 saturated heterocycles. The molecule has 0 fully saturated rings. The van der Waals surface area contributed by atoms with Crippen molar-refractivity contribution in [2.75, 3.05) is 4.90 Å². The molecule has 1 aromatic heterocycles. The molecule has 0 saturated carbocycles. The lowest BCUT2D eigenvalue weighted by atomic mass is 9.95. The van der Waals surface area contributed by atoms with E-state index in [9.17, 15) is 0 Å². The summed E-state index contributed by atoms with van der Waals surface area (Å²) in [7, 11) is 0. The van der Waals surface area contributed by atoms with E-state index in [1.807, 2.05) is 18.2 Å². The van der Waals surface area contributed by atoms with E-state index in [0.29, 0.717) is 0 Å². The predicted molar refractivity (Wildman–Crippen MR) is 236 cm³/mol. The summed E-state index contributed by atoms with van der Waals surface area (Å²) >= 11 is 0. The Bertz CT molecular complexity index is 2890. The number of nitrogens with zero attached hydrogens (tertiary/aromatic N) is 1. The molecule has 0 aliphatic carbocycles. The molecule has 56 heavy (non-hydrogen) atoms. The van der Waals surface area contributed by atoms with Crippen LogP contribution in [0.15, 0.2) is 229 Å². The third-order valence-corrected chi connectivity index (χ3v) is 10.7. The molecule has 10 aromatic rings. The standard InChI is InChI=1S/C54H37NO/c1-2-11-38(12-3-1)39-21-23-40(24-22-39)42-29-33-47(34-30-42)55(52-19-10-15-44-13-4-6-17-50(44)52)48-35-31-43(32-36-48)41-25-27-45(28-26-41)49-16-7-8-18-51(49)54-37-46-14-5-9-20-53(46)56-54/h1-37H. The smallest absolute Gasteiger partial charge is 0.136 e. The Labute approximate surface area is 327 Å². The van der Waals surface area contributed by atoms with Gasteiger partial charge < -0.3 is 9.32 Å². The molecule has 9 aromatic carbocycles. The van der Waals surface area contributed by atoms with E-state index in [0.717, 1.165) is 56.0 Å². The van der Waals surface area contributed by atoms with Crippen molar-refractivity contribution < 1.29 is 4.42 Å². The summed E-state index contributed by atoms with van der Waals surface area (Å²) in [6, 6.07) is 80.0. The molecular weight excluding hydrogens is 679 g/mol. The number of rotatable bonds is 8. The minimum atomic E-state index is 0.879. The fourth-order valence-corrected chi connectivity index (χ4v) is 7.83. The van der Waals surface area contributed by atoms with Gasteiger partial charge in [-0.2, -0.15) is 0 Å². The Morgan fingerprint density at radius 3 is 1.36 bits per heavy atom. The number of furan rings is 1. The van der Waals surface area contributed by atoms with E-state index in [1.54, 1.807) is 0 Å². The average molecular weight is 716 g/mol. The van der Waals surface area contributed by atoms with Crippen LogP contribution in [0.2, 0.25) is 0 Å². The maximum absolute atomic E-state index is 6.27. The van der Waals surface area contributed by atoms with Gasteiger partial charge in [-0.05, 0) is 92.4 Å². The lowest BCUT2D eigenvalue weighted by Crippen LogP contribution is -2.10. The van der Waals surface area contributed by atoms with Crippen molar-refractivity contribution in [3.05, 3.63) is 224 Å². The summed E-state index contributed by atoms with van der Waals surface area (Å²) in [5.41, 5.74) is 14.8. The topological polar surface area (TPSA) is 16.4 Å². The molecular formula is C54H37NO. The minimum absolute atomic E-state index is 0.879. The highest BCUT2D eigenvalue weighted by molar-refractivity contribution is 5.99. The van der Waals surface area contributed by atoms with Crippen LogP contribution in [0.4, 0.5) is 17.1 Å². The monoisotopic (exact) mass is 715 g/mol. The highest BCUT2D eigenvalue weighted by Crippen LogP contribution is 2.41. The molecule has 0 spiro atoms. The summed E-state index contributed by atoms with van der Waals surface area (Å²) in [5.74, 6) is 0.879. The Hall–Kier alpha value is -7.42. The van der Waals surface area contributed by atoms with E-state index in [1.165, 1.54) is 38.6 Å². The predicted octanol–water partition coefficient (Wildman–Crippen LogP) is 15.4. The van der Waals surface area contributed by atoms with Gasteiger partial charge in [0.15, 0.2) is 0 Å². The van der Waals surface area contributed by atoms with Crippen LogP contribution in [-0.4, -0.2) is 0 Å². The van der Waals surface area contributed by atoms with Crippen molar-refractivity contribution >= 4 is 38.8 Å². The molecule has 0 unspecified atom stereocenters. The number of hydrogen-bond acceptors (Lipinski definition) is 2. The first kappa shape index (κ1) is 33.2. The van der Waals surface area contributed by atoms with Crippen LogP contribution in [0.3, 0.4) is 0 Å². The second-order valence-corrected chi connectivity index (χ2v) is 14.1. The van der Waals surface area contributed by atoms with E-state index in [-0.39, 0.29) is 0 Å². The zero-order valence-corrected chi connectivity index (χ0v) is 30.7. The Kier molecular flexibility index (Phi) is 8.55. The van der Waals surface area contributed by atoms with Gasteiger partial charge in [0.1, 0.15) is 11.3 Å². The minimum Gasteiger partial charge on any atom is -0.456 e. The maximum atomic E-state index is 6.27. The number of para-hydroxylation sites is 1. The van der Waals surface area contributed by atoms with Crippen LogP contribution in [0.5, 0.6) is 0 Å². The maximum Gasteiger partial charge on any atom is 0.136 e. The molecule has 2 heteroatoms. The second-order valence-electron chi connectivity index (χ2n) is 14.1. The lowest BCUT2D eigenvalue weighted by molar-refractivity contribution is 0.632. The van der Waals surface area contributed by atoms with Gasteiger partial charge in [-0.25, -0.2) is 0 Å². The molecule has 0 N–H and O–H groups in total. The highest BCUT2D eigenvalue weighted by Gasteiger charge is 2.17. The van der Waals surface area contributed by atoms with Gasteiger partial charge in [0, 0.05) is 27.7 Å². The summed E-state index contributed by atoms with van der Waals surface area (Å²) < 4.78 is 6.27. The molecule has 10 rings (SSSR count). The van der Waals surface area contributed by atoms with Gasteiger partial charge in [0.2, 0.25) is 0 Å². The highest BCUT2D eigenvalue weighted by atomic mass is 16.3. The summed E-state index contributed by atoms with van der Waals surface area (Å²) in [4.78, 5) is 2.37. The summed E-state index contributed by atoms with van der Waals surface area (Å²) in [5, 5.41) is 3.53. The normalized spacial score (nSPS) is 11.2. The Balaban J connectivity index is 0.961. The van der Waals surface area contributed by atoms with E-state index in [4.69, 9.17) is 4.42 Å². The SMILES string of the molecule is c1ccc(-c2ccc(-c3ccc(N(c4ccc(-c5ccc(-c6ccccc6-c6cc7ccccc7o6)cc5)cc4)c4cccc5ccccc45)cc3)cc2)cc1. The van der Waals surface area contributed by atoms with Gasteiger partial charge in [0.05, 0.1) is 5.69 Å². The fraction of sp³-hybridized carbons (Fsp3) is 0. The van der Waals surface area contributed by atoms with Crippen LogP contribution in [0.1, 0.15) is 0 Å². The van der Waals surface area contributed by atoms with Crippen LogP contribution < -0.4 is 4.90 Å². The molecule has 0 bridgehead atoms. The average Bonchev–Trinajstić information content (AvgIpc) is 3.72. The summed E-state index contributed by atoms with van der Waals surface area (Å²) in [6.45, 7) is 0. The number of hydrogen-bond donors (Lipinski definition) is 0. The van der Waals surface area contributed by atoms with Crippen molar-refractivity contribution in [2.45, 2.75) is 0 Å². The fourth-order valence-electron chi connectivity index (χ4n) is 7.83. The van der Waals surface area contributed by atoms with E-state index < -0.39 is 0 Å².